The number of nitrogens with one attached hydrogen (secondary N) is 1. The van der Waals surface area contributed by atoms with Crippen molar-refractivity contribution in [1.29, 1.82) is 0 Å². The van der Waals surface area contributed by atoms with Gasteiger partial charge in [-0.1, -0.05) is 18.2 Å². The number of hydrogen-bond donors (Lipinski definition) is 1. The number of pyridine rings is 1. The molecule has 3 heteroatoms. The minimum atomic E-state index is 0.867. The summed E-state index contributed by atoms with van der Waals surface area (Å²) in [6.07, 6.45) is 4.63. The van der Waals surface area contributed by atoms with Crippen LogP contribution < -0.4 is 10.1 Å². The van der Waals surface area contributed by atoms with Crippen molar-refractivity contribution in [3.63, 3.8) is 0 Å². The fourth-order valence-electron chi connectivity index (χ4n) is 1.68. The van der Waals surface area contributed by atoms with E-state index in [4.69, 9.17) is 4.74 Å². The third-order valence-corrected chi connectivity index (χ3v) is 2.56. The lowest BCUT2D eigenvalue weighted by Gasteiger charge is -2.10. The Labute approximate surface area is 101 Å². The second-order valence-corrected chi connectivity index (χ2v) is 3.74. The molecule has 1 aromatic carbocycles. The van der Waals surface area contributed by atoms with Crippen molar-refractivity contribution >= 4 is 5.69 Å². The van der Waals surface area contributed by atoms with Crippen LogP contribution in [0.5, 0.6) is 5.75 Å². The lowest BCUT2D eigenvalue weighted by atomic mass is 10.2. The Kier molecular flexibility index (Phi) is 3.97. The molecule has 1 aromatic heterocycles. The van der Waals surface area contributed by atoms with Crippen LogP contribution in [0.3, 0.4) is 0 Å². The standard InChI is InChI=1S/C14H16N2O/c1-17-14-7-3-2-6-13(14)16-10-8-12-5-4-9-15-11-12/h2-7,9,11,16H,8,10H2,1H3. The molecule has 0 unspecified atom stereocenters. The Morgan fingerprint density at radius 1 is 1.18 bits per heavy atom. The zero-order chi connectivity index (χ0) is 11.9. The summed E-state index contributed by atoms with van der Waals surface area (Å²) in [6, 6.07) is 12.0. The van der Waals surface area contributed by atoms with Gasteiger partial charge in [-0.25, -0.2) is 0 Å². The molecule has 17 heavy (non-hydrogen) atoms. The van der Waals surface area contributed by atoms with Crippen LogP contribution in [0, 0.1) is 0 Å². The number of nitrogens with zero attached hydrogens (tertiary/aromatic N) is 1. The molecule has 1 N–H and O–H groups in total. The molecule has 0 amide bonds. The Morgan fingerprint density at radius 3 is 2.82 bits per heavy atom. The van der Waals surface area contributed by atoms with E-state index >= 15 is 0 Å². The van der Waals surface area contributed by atoms with Crippen LogP contribution in [-0.2, 0) is 6.42 Å². The van der Waals surface area contributed by atoms with E-state index in [1.54, 1.807) is 13.3 Å². The van der Waals surface area contributed by atoms with E-state index in [2.05, 4.69) is 16.4 Å². The Bertz CT molecular complexity index is 457. The molecule has 2 aromatic rings. The zero-order valence-electron chi connectivity index (χ0n) is 9.89. The maximum Gasteiger partial charge on any atom is 0.141 e. The predicted molar refractivity (Wildman–Crippen MR) is 69.4 cm³/mol. The summed E-state index contributed by atoms with van der Waals surface area (Å²) in [5.41, 5.74) is 2.26. The van der Waals surface area contributed by atoms with E-state index in [1.165, 1.54) is 5.56 Å². The molecule has 0 bridgehead atoms. The van der Waals surface area contributed by atoms with Crippen molar-refractivity contribution in [2.75, 3.05) is 19.0 Å². The number of methoxy groups -OCH3 is 1. The summed E-state index contributed by atoms with van der Waals surface area (Å²) >= 11 is 0. The highest BCUT2D eigenvalue weighted by Gasteiger charge is 2.00. The molecular formula is C14H16N2O. The molecule has 0 aliphatic heterocycles. The fourth-order valence-corrected chi connectivity index (χ4v) is 1.68. The second kappa shape index (κ2) is 5.89. The van der Waals surface area contributed by atoms with E-state index in [-0.39, 0.29) is 0 Å². The topological polar surface area (TPSA) is 34.1 Å². The largest absolute Gasteiger partial charge is 0.495 e. The summed E-state index contributed by atoms with van der Waals surface area (Å²) in [5.74, 6) is 0.874. The van der Waals surface area contributed by atoms with E-state index in [0.717, 1.165) is 24.4 Å². The molecule has 0 atom stereocenters. The second-order valence-electron chi connectivity index (χ2n) is 3.74. The van der Waals surface area contributed by atoms with Crippen LogP contribution in [-0.4, -0.2) is 18.6 Å². The summed E-state index contributed by atoms with van der Waals surface area (Å²) in [4.78, 5) is 4.09. The molecule has 0 aliphatic carbocycles. The van der Waals surface area contributed by atoms with Crippen molar-refractivity contribution in [2.45, 2.75) is 6.42 Å². The molecule has 0 radical (unpaired) electrons. The molecule has 0 fully saturated rings. The lowest BCUT2D eigenvalue weighted by Crippen LogP contribution is -2.06. The van der Waals surface area contributed by atoms with Gasteiger partial charge in [-0.05, 0) is 30.2 Å². The first-order chi connectivity index (χ1) is 8.40. The first-order valence-electron chi connectivity index (χ1n) is 5.66. The molecule has 1 heterocycles. The molecule has 88 valence electrons. The van der Waals surface area contributed by atoms with E-state index in [9.17, 15) is 0 Å². The average Bonchev–Trinajstić information content (AvgIpc) is 2.40. The summed E-state index contributed by atoms with van der Waals surface area (Å²) in [5, 5.41) is 3.36. The predicted octanol–water partition coefficient (Wildman–Crippen LogP) is 2.74. The molecule has 3 nitrogen and oxygen atoms in total. The minimum absolute atomic E-state index is 0.867. The highest BCUT2D eigenvalue weighted by molar-refractivity contribution is 5.56. The average molecular weight is 228 g/mol. The number of ether oxygens (including phenoxy) is 1. The smallest absolute Gasteiger partial charge is 0.141 e. The van der Waals surface area contributed by atoms with Crippen LogP contribution >= 0.6 is 0 Å². The van der Waals surface area contributed by atoms with Gasteiger partial charge in [0.2, 0.25) is 0 Å². The summed E-state index contributed by atoms with van der Waals surface area (Å²) in [6.45, 7) is 0.867. The van der Waals surface area contributed by atoms with Crippen molar-refractivity contribution in [2.24, 2.45) is 0 Å². The van der Waals surface area contributed by atoms with Gasteiger partial charge in [0.05, 0.1) is 12.8 Å². The molecule has 0 saturated heterocycles. The SMILES string of the molecule is COc1ccccc1NCCc1cccnc1. The number of rotatable bonds is 5. The van der Waals surface area contributed by atoms with Gasteiger partial charge in [0.1, 0.15) is 5.75 Å². The van der Waals surface area contributed by atoms with Gasteiger partial charge in [0.25, 0.3) is 0 Å². The van der Waals surface area contributed by atoms with Crippen LogP contribution in [0.1, 0.15) is 5.56 Å². The third kappa shape index (κ3) is 3.21. The van der Waals surface area contributed by atoms with Crippen molar-refractivity contribution in [3.8, 4) is 5.75 Å². The van der Waals surface area contributed by atoms with Gasteiger partial charge in [0, 0.05) is 18.9 Å². The molecular weight excluding hydrogens is 212 g/mol. The normalized spacial score (nSPS) is 9.94. The Hall–Kier alpha value is -2.03. The first-order valence-corrected chi connectivity index (χ1v) is 5.66. The molecule has 2 rings (SSSR count). The highest BCUT2D eigenvalue weighted by Crippen LogP contribution is 2.22. The van der Waals surface area contributed by atoms with E-state index in [0.29, 0.717) is 0 Å². The number of aromatic nitrogens is 1. The number of benzene rings is 1. The third-order valence-electron chi connectivity index (χ3n) is 2.56. The lowest BCUT2D eigenvalue weighted by molar-refractivity contribution is 0.416. The van der Waals surface area contributed by atoms with Gasteiger partial charge < -0.3 is 10.1 Å². The maximum absolute atomic E-state index is 5.27. The Balaban J connectivity index is 1.90. The van der Waals surface area contributed by atoms with Crippen LogP contribution in [0.2, 0.25) is 0 Å². The minimum Gasteiger partial charge on any atom is -0.495 e. The monoisotopic (exact) mass is 228 g/mol. The highest BCUT2D eigenvalue weighted by atomic mass is 16.5. The van der Waals surface area contributed by atoms with Crippen molar-refractivity contribution in [3.05, 3.63) is 54.4 Å². The molecule has 0 saturated carbocycles. The van der Waals surface area contributed by atoms with E-state index in [1.807, 2.05) is 36.5 Å². The van der Waals surface area contributed by atoms with Crippen LogP contribution in [0.15, 0.2) is 48.8 Å². The van der Waals surface area contributed by atoms with E-state index < -0.39 is 0 Å². The van der Waals surface area contributed by atoms with Crippen molar-refractivity contribution in [1.82, 2.24) is 4.98 Å². The summed E-state index contributed by atoms with van der Waals surface area (Å²) in [7, 11) is 1.68. The quantitative estimate of drug-likeness (QED) is 0.854. The van der Waals surface area contributed by atoms with Crippen LogP contribution in [0.25, 0.3) is 0 Å². The zero-order valence-corrected chi connectivity index (χ0v) is 9.89. The van der Waals surface area contributed by atoms with Crippen molar-refractivity contribution < 1.29 is 4.74 Å². The van der Waals surface area contributed by atoms with Gasteiger partial charge in [-0.3, -0.25) is 4.98 Å². The maximum atomic E-state index is 5.27. The Morgan fingerprint density at radius 2 is 2.06 bits per heavy atom. The van der Waals surface area contributed by atoms with Gasteiger partial charge in [0.15, 0.2) is 0 Å². The number of para-hydroxylation sites is 2. The number of hydrogen-bond acceptors (Lipinski definition) is 3. The van der Waals surface area contributed by atoms with Gasteiger partial charge in [-0.2, -0.15) is 0 Å². The molecule has 0 spiro atoms. The van der Waals surface area contributed by atoms with Gasteiger partial charge >= 0.3 is 0 Å². The summed E-state index contributed by atoms with van der Waals surface area (Å²) < 4.78 is 5.27. The van der Waals surface area contributed by atoms with Gasteiger partial charge in [-0.15, -0.1) is 0 Å². The molecule has 0 aliphatic rings. The number of anilines is 1. The fraction of sp³-hybridized carbons (Fsp3) is 0.214. The first kappa shape index (κ1) is 11.5. The van der Waals surface area contributed by atoms with Crippen LogP contribution in [0.4, 0.5) is 5.69 Å².